The summed E-state index contributed by atoms with van der Waals surface area (Å²) < 4.78 is 9.31. The van der Waals surface area contributed by atoms with E-state index in [1.54, 1.807) is 14.2 Å². The van der Waals surface area contributed by atoms with Crippen molar-refractivity contribution in [2.45, 2.75) is 45.4 Å². The van der Waals surface area contributed by atoms with Gasteiger partial charge in [0.25, 0.3) is 0 Å². The van der Waals surface area contributed by atoms with Gasteiger partial charge in [0, 0.05) is 20.8 Å². The second-order valence-corrected chi connectivity index (χ2v) is 6.08. The van der Waals surface area contributed by atoms with Crippen molar-refractivity contribution in [2.75, 3.05) is 74.3 Å². The highest BCUT2D eigenvalue weighted by Crippen LogP contribution is 2.04. The van der Waals surface area contributed by atoms with Gasteiger partial charge in [0.1, 0.15) is 0 Å². The van der Waals surface area contributed by atoms with Gasteiger partial charge in [-0.2, -0.15) is 0 Å². The lowest BCUT2D eigenvalue weighted by atomic mass is 10.1. The molecule has 0 saturated carbocycles. The molecule has 142 valence electrons. The number of aliphatic hydroxyl groups excluding tert-OH is 1. The maximum atomic E-state index is 7.88. The van der Waals surface area contributed by atoms with Gasteiger partial charge in [-0.05, 0) is 72.4 Å². The predicted molar refractivity (Wildman–Crippen MR) is 99.2 cm³/mol. The molecule has 0 spiro atoms. The van der Waals surface area contributed by atoms with E-state index in [0.717, 1.165) is 6.42 Å². The number of aliphatic hydroxyl groups is 1. The first-order valence-corrected chi connectivity index (χ1v) is 9.08. The van der Waals surface area contributed by atoms with Gasteiger partial charge in [-0.3, -0.25) is 0 Å². The monoisotopic (exact) mass is 334 g/mol. The van der Waals surface area contributed by atoms with Crippen LogP contribution in [0.2, 0.25) is 0 Å². The van der Waals surface area contributed by atoms with E-state index >= 15 is 0 Å². The van der Waals surface area contributed by atoms with E-state index in [9.17, 15) is 0 Å². The Bertz CT molecular complexity index is 189. The molecule has 0 aromatic rings. The van der Waals surface area contributed by atoms with E-state index < -0.39 is 0 Å². The first-order valence-electron chi connectivity index (χ1n) is 9.08. The van der Waals surface area contributed by atoms with Crippen molar-refractivity contribution in [1.82, 2.24) is 9.80 Å². The maximum Gasteiger partial charge on any atom is 0.0696 e. The summed E-state index contributed by atoms with van der Waals surface area (Å²) >= 11 is 0. The van der Waals surface area contributed by atoms with Crippen LogP contribution in [0.25, 0.3) is 0 Å². The van der Waals surface area contributed by atoms with Crippen LogP contribution < -0.4 is 0 Å². The molecule has 5 heteroatoms. The summed E-state index contributed by atoms with van der Waals surface area (Å²) in [5, 5.41) is 7.88. The van der Waals surface area contributed by atoms with Gasteiger partial charge in [0.15, 0.2) is 0 Å². The minimum absolute atomic E-state index is 0.319. The van der Waals surface area contributed by atoms with Crippen LogP contribution in [0.15, 0.2) is 0 Å². The Hall–Kier alpha value is -0.200. The summed E-state index contributed by atoms with van der Waals surface area (Å²) in [6, 6.07) is 0. The molecule has 2 heterocycles. The zero-order valence-electron chi connectivity index (χ0n) is 16.4. The van der Waals surface area contributed by atoms with Crippen molar-refractivity contribution >= 4 is 0 Å². The van der Waals surface area contributed by atoms with Gasteiger partial charge in [-0.15, -0.1) is 0 Å². The average Bonchev–Trinajstić information content (AvgIpc) is 3.06. The molecule has 23 heavy (non-hydrogen) atoms. The number of methoxy groups -OCH3 is 2. The lowest BCUT2D eigenvalue weighted by Crippen LogP contribution is -2.24. The van der Waals surface area contributed by atoms with Crippen molar-refractivity contribution in [1.29, 1.82) is 0 Å². The van der Waals surface area contributed by atoms with Gasteiger partial charge in [-0.1, -0.05) is 13.3 Å². The lowest BCUT2D eigenvalue weighted by molar-refractivity contribution is 0.103. The van der Waals surface area contributed by atoms with Crippen LogP contribution in [0.5, 0.6) is 0 Å². The molecule has 2 rings (SSSR count). The molecule has 0 aromatic heterocycles. The quantitative estimate of drug-likeness (QED) is 0.800. The fraction of sp³-hybridized carbons (Fsp3) is 1.00. The molecule has 2 aliphatic heterocycles. The lowest BCUT2D eigenvalue weighted by Gasteiger charge is -2.20. The normalized spacial score (nSPS) is 18.0. The van der Waals surface area contributed by atoms with Crippen LogP contribution in [0.3, 0.4) is 0 Å². The smallest absolute Gasteiger partial charge is 0.0696 e. The fourth-order valence-electron chi connectivity index (χ4n) is 2.09. The Kier molecular flexibility index (Phi) is 23.7. The Morgan fingerprint density at radius 3 is 1.17 bits per heavy atom. The van der Waals surface area contributed by atoms with Gasteiger partial charge in [-0.25, -0.2) is 0 Å². The molecule has 0 aromatic carbocycles. The zero-order valence-corrected chi connectivity index (χ0v) is 16.4. The van der Waals surface area contributed by atoms with Crippen LogP contribution in [0, 0.1) is 0 Å². The van der Waals surface area contributed by atoms with E-state index in [2.05, 4.69) is 33.4 Å². The summed E-state index contributed by atoms with van der Waals surface area (Å²) in [6.07, 6.45) is 7.98. The average molecular weight is 335 g/mol. The zero-order chi connectivity index (χ0) is 17.8. The highest BCUT2D eigenvalue weighted by Gasteiger charge is 2.03. The van der Waals surface area contributed by atoms with Gasteiger partial charge in [0.2, 0.25) is 0 Å². The Morgan fingerprint density at radius 2 is 1.04 bits per heavy atom. The number of piperidine rings is 1. The second-order valence-electron chi connectivity index (χ2n) is 6.08. The number of hydrogen-bond acceptors (Lipinski definition) is 5. The molecule has 2 aliphatic rings. The number of nitrogens with zero attached hydrogens (tertiary/aromatic N) is 2. The minimum Gasteiger partial charge on any atom is -0.396 e. The Labute approximate surface area is 144 Å². The molecule has 0 aliphatic carbocycles. The summed E-state index contributed by atoms with van der Waals surface area (Å²) in [5.41, 5.74) is 0. The van der Waals surface area contributed by atoms with E-state index in [1.807, 2.05) is 6.92 Å². The standard InChI is InChI=1S/C6H13N.C5H11N.C4H10O2.C3H8O/c1-7-5-3-2-4-6-7;1-6-4-2-3-5-6;1-5-3-4-6-2;1-2-3-4/h2-6H2,1H3;2-5H2,1H3;3-4H2,1-2H3;4H,2-3H2,1H3. The van der Waals surface area contributed by atoms with E-state index in [1.165, 1.54) is 58.3 Å². The van der Waals surface area contributed by atoms with Crippen molar-refractivity contribution in [3.05, 3.63) is 0 Å². The van der Waals surface area contributed by atoms with Crippen LogP contribution >= 0.6 is 0 Å². The number of rotatable bonds is 4. The summed E-state index contributed by atoms with van der Waals surface area (Å²) in [7, 11) is 7.67. The SMILES string of the molecule is CCCO.CN1CCCC1.CN1CCCCC1.COCCOC. The molecule has 0 atom stereocenters. The topological polar surface area (TPSA) is 45.2 Å². The van der Waals surface area contributed by atoms with Crippen molar-refractivity contribution < 1.29 is 14.6 Å². The first kappa shape index (κ1) is 25.0. The number of hydrogen-bond donors (Lipinski definition) is 1. The molecule has 1 N–H and O–H groups in total. The number of likely N-dealkylation sites (tertiary alicyclic amines) is 2. The summed E-state index contributed by atoms with van der Waals surface area (Å²) in [5.74, 6) is 0. The third-order valence-corrected chi connectivity index (χ3v) is 3.62. The van der Waals surface area contributed by atoms with E-state index in [4.69, 9.17) is 5.11 Å². The predicted octanol–water partition coefficient (Wildman–Crippen LogP) is 2.48. The third kappa shape index (κ3) is 24.2. The third-order valence-electron chi connectivity index (χ3n) is 3.62. The molecule has 2 fully saturated rings. The fourth-order valence-corrected chi connectivity index (χ4v) is 2.09. The molecule has 0 bridgehead atoms. The van der Waals surface area contributed by atoms with Crippen LogP contribution in [0.4, 0.5) is 0 Å². The maximum absolute atomic E-state index is 7.88. The second kappa shape index (κ2) is 21.8. The van der Waals surface area contributed by atoms with Crippen LogP contribution in [0.1, 0.15) is 45.4 Å². The molecule has 0 unspecified atom stereocenters. The highest BCUT2D eigenvalue weighted by molar-refractivity contribution is 4.59. The van der Waals surface area contributed by atoms with Crippen LogP contribution in [-0.2, 0) is 9.47 Å². The van der Waals surface area contributed by atoms with Gasteiger partial charge < -0.3 is 24.4 Å². The van der Waals surface area contributed by atoms with Crippen molar-refractivity contribution in [3.63, 3.8) is 0 Å². The molecule has 5 nitrogen and oxygen atoms in total. The molecular formula is C18H42N2O3. The molecule has 2 saturated heterocycles. The molecule has 0 amide bonds. The Balaban J connectivity index is 0. The summed E-state index contributed by atoms with van der Waals surface area (Å²) in [6.45, 7) is 8.91. The minimum atomic E-state index is 0.319. The van der Waals surface area contributed by atoms with Gasteiger partial charge in [0.05, 0.1) is 13.2 Å². The first-order chi connectivity index (χ1) is 11.1. The number of ether oxygens (including phenoxy) is 2. The molecular weight excluding hydrogens is 292 g/mol. The van der Waals surface area contributed by atoms with Gasteiger partial charge >= 0.3 is 0 Å². The van der Waals surface area contributed by atoms with E-state index in [0.29, 0.717) is 19.8 Å². The Morgan fingerprint density at radius 1 is 0.739 bits per heavy atom. The van der Waals surface area contributed by atoms with Crippen molar-refractivity contribution in [3.8, 4) is 0 Å². The van der Waals surface area contributed by atoms with E-state index in [-0.39, 0.29) is 0 Å². The highest BCUT2D eigenvalue weighted by atomic mass is 16.5. The molecule has 0 radical (unpaired) electrons. The van der Waals surface area contributed by atoms with Crippen molar-refractivity contribution in [2.24, 2.45) is 0 Å². The van der Waals surface area contributed by atoms with Crippen LogP contribution in [-0.4, -0.2) is 89.2 Å². The largest absolute Gasteiger partial charge is 0.396 e. The summed E-state index contributed by atoms with van der Waals surface area (Å²) in [4.78, 5) is 4.75.